The van der Waals surface area contributed by atoms with E-state index in [1.165, 1.54) is 16.1 Å². The highest BCUT2D eigenvalue weighted by Gasteiger charge is 2.30. The standard InChI is InChI=1S/C17H18ClN5O2/c1-12-13(16(18)21(2)20-12)7-8-15(24)22-10-5-11-23(22)17(25)14-6-3-4-9-19-14/h3-4,6-9H,5,10-11H2,1-2H3. The number of hydrogen-bond acceptors (Lipinski definition) is 4. The maximum Gasteiger partial charge on any atom is 0.291 e. The Morgan fingerprint density at radius 2 is 2.00 bits per heavy atom. The summed E-state index contributed by atoms with van der Waals surface area (Å²) in [6.07, 6.45) is 5.34. The Balaban J connectivity index is 1.77. The van der Waals surface area contributed by atoms with Gasteiger partial charge in [-0.2, -0.15) is 5.10 Å². The number of carbonyl (C=O) groups excluding carboxylic acids is 2. The molecular weight excluding hydrogens is 342 g/mol. The van der Waals surface area contributed by atoms with Gasteiger partial charge in [0.15, 0.2) is 0 Å². The Morgan fingerprint density at radius 1 is 1.24 bits per heavy atom. The first-order valence-corrected chi connectivity index (χ1v) is 8.28. The maximum atomic E-state index is 12.6. The zero-order valence-corrected chi connectivity index (χ0v) is 14.8. The fraction of sp³-hybridized carbons (Fsp3) is 0.294. The van der Waals surface area contributed by atoms with Crippen LogP contribution in [0.5, 0.6) is 0 Å². The monoisotopic (exact) mass is 359 g/mol. The number of carbonyl (C=O) groups is 2. The van der Waals surface area contributed by atoms with Crippen LogP contribution in [0.2, 0.25) is 5.15 Å². The van der Waals surface area contributed by atoms with Crippen molar-refractivity contribution in [2.24, 2.45) is 7.05 Å². The number of hydrogen-bond donors (Lipinski definition) is 0. The molecule has 0 radical (unpaired) electrons. The third-order valence-electron chi connectivity index (χ3n) is 3.99. The van der Waals surface area contributed by atoms with Crippen molar-refractivity contribution in [3.05, 3.63) is 52.6 Å². The molecule has 7 nitrogen and oxygen atoms in total. The van der Waals surface area contributed by atoms with Crippen molar-refractivity contribution in [1.82, 2.24) is 24.8 Å². The molecule has 2 aromatic heterocycles. The van der Waals surface area contributed by atoms with E-state index in [0.717, 1.165) is 12.1 Å². The predicted molar refractivity (Wildman–Crippen MR) is 93.6 cm³/mol. The number of rotatable bonds is 3. The third kappa shape index (κ3) is 3.41. The van der Waals surface area contributed by atoms with E-state index in [1.54, 1.807) is 42.2 Å². The van der Waals surface area contributed by atoms with Gasteiger partial charge in [-0.1, -0.05) is 17.7 Å². The molecule has 0 unspecified atom stereocenters. The Hall–Kier alpha value is -2.67. The summed E-state index contributed by atoms with van der Waals surface area (Å²) in [7, 11) is 1.74. The zero-order chi connectivity index (χ0) is 18.0. The van der Waals surface area contributed by atoms with Gasteiger partial charge in [0.1, 0.15) is 10.8 Å². The van der Waals surface area contributed by atoms with Gasteiger partial charge in [-0.3, -0.25) is 19.3 Å². The first-order chi connectivity index (χ1) is 12.0. The van der Waals surface area contributed by atoms with Crippen LogP contribution in [0.4, 0.5) is 0 Å². The molecule has 0 saturated carbocycles. The lowest BCUT2D eigenvalue weighted by Gasteiger charge is -2.26. The number of amides is 2. The summed E-state index contributed by atoms with van der Waals surface area (Å²) in [5.41, 5.74) is 1.75. The van der Waals surface area contributed by atoms with Gasteiger partial charge in [-0.25, -0.2) is 10.0 Å². The molecule has 3 rings (SSSR count). The minimum absolute atomic E-state index is 0.277. The largest absolute Gasteiger partial charge is 0.291 e. The van der Waals surface area contributed by atoms with E-state index in [4.69, 9.17) is 11.6 Å². The normalized spacial score (nSPS) is 14.5. The SMILES string of the molecule is Cc1nn(C)c(Cl)c1C=CC(=O)N1CCCN1C(=O)c1ccccn1. The maximum absolute atomic E-state index is 12.6. The van der Waals surface area contributed by atoms with E-state index in [1.807, 2.05) is 6.92 Å². The number of pyridine rings is 1. The van der Waals surface area contributed by atoms with Gasteiger partial charge >= 0.3 is 0 Å². The van der Waals surface area contributed by atoms with Crippen molar-refractivity contribution in [3.63, 3.8) is 0 Å². The summed E-state index contributed by atoms with van der Waals surface area (Å²) >= 11 is 6.17. The summed E-state index contributed by atoms with van der Waals surface area (Å²) in [4.78, 5) is 29.2. The molecule has 0 aromatic carbocycles. The fourth-order valence-corrected chi connectivity index (χ4v) is 2.99. The molecule has 3 heterocycles. The molecule has 25 heavy (non-hydrogen) atoms. The highest BCUT2D eigenvalue weighted by atomic mass is 35.5. The average molecular weight is 360 g/mol. The van der Waals surface area contributed by atoms with Crippen molar-refractivity contribution in [1.29, 1.82) is 0 Å². The van der Waals surface area contributed by atoms with Gasteiger partial charge in [0.25, 0.3) is 11.8 Å². The Kier molecular flexibility index (Phi) is 4.85. The molecule has 0 atom stereocenters. The molecule has 0 aliphatic carbocycles. The lowest BCUT2D eigenvalue weighted by molar-refractivity contribution is -0.134. The third-order valence-corrected chi connectivity index (χ3v) is 4.44. The van der Waals surface area contributed by atoms with Gasteiger partial charge in [0.05, 0.1) is 5.69 Å². The van der Waals surface area contributed by atoms with Gasteiger partial charge in [0, 0.05) is 38.0 Å². The van der Waals surface area contributed by atoms with E-state index < -0.39 is 0 Å². The summed E-state index contributed by atoms with van der Waals surface area (Å²) in [5, 5.41) is 7.54. The van der Waals surface area contributed by atoms with Gasteiger partial charge < -0.3 is 0 Å². The highest BCUT2D eigenvalue weighted by molar-refractivity contribution is 6.31. The lowest BCUT2D eigenvalue weighted by atomic mass is 10.2. The molecule has 1 fully saturated rings. The van der Waals surface area contributed by atoms with Crippen LogP contribution in [0, 0.1) is 6.92 Å². The van der Waals surface area contributed by atoms with Gasteiger partial charge in [-0.05, 0) is 31.6 Å². The quantitative estimate of drug-likeness (QED) is 0.787. The molecule has 1 aliphatic heterocycles. The Labute approximate surface area is 150 Å². The number of aryl methyl sites for hydroxylation is 2. The number of halogens is 1. The van der Waals surface area contributed by atoms with Crippen LogP contribution in [-0.2, 0) is 11.8 Å². The molecule has 0 N–H and O–H groups in total. The van der Waals surface area contributed by atoms with Crippen LogP contribution in [0.3, 0.4) is 0 Å². The van der Waals surface area contributed by atoms with Crippen LogP contribution in [0.15, 0.2) is 30.5 Å². The van der Waals surface area contributed by atoms with Crippen molar-refractivity contribution in [2.75, 3.05) is 13.1 Å². The van der Waals surface area contributed by atoms with E-state index in [9.17, 15) is 9.59 Å². The first-order valence-electron chi connectivity index (χ1n) is 7.90. The topological polar surface area (TPSA) is 71.3 Å². The van der Waals surface area contributed by atoms with Crippen LogP contribution >= 0.6 is 11.6 Å². The number of aromatic nitrogens is 3. The highest BCUT2D eigenvalue weighted by Crippen LogP contribution is 2.21. The van der Waals surface area contributed by atoms with Crippen molar-refractivity contribution in [2.45, 2.75) is 13.3 Å². The molecule has 2 amide bonds. The minimum atomic E-state index is -0.282. The molecule has 1 saturated heterocycles. The van der Waals surface area contributed by atoms with E-state index >= 15 is 0 Å². The number of hydrazine groups is 1. The smallest absolute Gasteiger partial charge is 0.268 e. The predicted octanol–water partition coefficient (Wildman–Crippen LogP) is 2.08. The average Bonchev–Trinajstić information content (AvgIpc) is 3.19. The molecule has 8 heteroatoms. The van der Waals surface area contributed by atoms with Crippen molar-refractivity contribution in [3.8, 4) is 0 Å². The number of nitrogens with zero attached hydrogens (tertiary/aromatic N) is 5. The molecular formula is C17H18ClN5O2. The van der Waals surface area contributed by atoms with Crippen LogP contribution in [-0.4, -0.2) is 49.7 Å². The minimum Gasteiger partial charge on any atom is -0.268 e. The van der Waals surface area contributed by atoms with Gasteiger partial charge in [0.2, 0.25) is 0 Å². The van der Waals surface area contributed by atoms with Crippen LogP contribution in [0.25, 0.3) is 6.08 Å². The molecule has 130 valence electrons. The van der Waals surface area contributed by atoms with Crippen molar-refractivity contribution < 1.29 is 9.59 Å². The van der Waals surface area contributed by atoms with Crippen molar-refractivity contribution >= 4 is 29.5 Å². The fourth-order valence-electron chi connectivity index (χ4n) is 2.75. The second-order valence-electron chi connectivity index (χ2n) is 5.71. The Bertz CT molecular complexity index is 831. The van der Waals surface area contributed by atoms with Crippen LogP contribution < -0.4 is 0 Å². The second-order valence-corrected chi connectivity index (χ2v) is 6.06. The summed E-state index contributed by atoms with van der Waals surface area (Å²) in [6.45, 7) is 2.80. The molecule has 0 spiro atoms. The van der Waals surface area contributed by atoms with E-state index in [-0.39, 0.29) is 11.8 Å². The molecule has 0 bridgehead atoms. The summed E-state index contributed by atoms with van der Waals surface area (Å²) in [6, 6.07) is 5.12. The van der Waals surface area contributed by atoms with E-state index in [2.05, 4.69) is 10.1 Å². The molecule has 1 aliphatic rings. The Morgan fingerprint density at radius 3 is 2.64 bits per heavy atom. The summed E-state index contributed by atoms with van der Waals surface area (Å²) in [5.74, 6) is -0.559. The van der Waals surface area contributed by atoms with E-state index in [0.29, 0.717) is 29.5 Å². The second kappa shape index (κ2) is 7.06. The lowest BCUT2D eigenvalue weighted by Crippen LogP contribution is -2.44. The van der Waals surface area contributed by atoms with Gasteiger partial charge in [-0.15, -0.1) is 0 Å². The first kappa shape index (κ1) is 17.2. The zero-order valence-electron chi connectivity index (χ0n) is 14.0. The summed E-state index contributed by atoms with van der Waals surface area (Å²) < 4.78 is 1.55. The molecule has 2 aromatic rings. The van der Waals surface area contributed by atoms with Crippen LogP contribution in [0.1, 0.15) is 28.2 Å².